The number of non-ortho nitro benzene ring substituents is 1. The van der Waals surface area contributed by atoms with E-state index < -0.39 is 22.5 Å². The van der Waals surface area contributed by atoms with Crippen molar-refractivity contribution in [2.24, 2.45) is 0 Å². The van der Waals surface area contributed by atoms with E-state index in [1.54, 1.807) is 12.1 Å². The van der Waals surface area contributed by atoms with Crippen molar-refractivity contribution >= 4 is 17.3 Å². The predicted molar refractivity (Wildman–Crippen MR) is 80.3 cm³/mol. The summed E-state index contributed by atoms with van der Waals surface area (Å²) in [5, 5.41) is 16.0. The van der Waals surface area contributed by atoms with E-state index in [2.05, 4.69) is 10.6 Å². The Labute approximate surface area is 130 Å². The van der Waals surface area contributed by atoms with E-state index in [4.69, 9.17) is 0 Å². The molecular weight excluding hydrogens is 308 g/mol. The van der Waals surface area contributed by atoms with Gasteiger partial charge in [0.05, 0.1) is 10.5 Å². The van der Waals surface area contributed by atoms with Gasteiger partial charge in [-0.15, -0.1) is 0 Å². The molecule has 8 heteroatoms. The second kappa shape index (κ2) is 7.30. The van der Waals surface area contributed by atoms with Gasteiger partial charge in [-0.05, 0) is 24.3 Å². The summed E-state index contributed by atoms with van der Waals surface area (Å²) >= 11 is 0. The molecule has 2 N–H and O–H groups in total. The molecule has 0 saturated carbocycles. The summed E-state index contributed by atoms with van der Waals surface area (Å²) in [6.45, 7) is 0.541. The largest absolute Gasteiger partial charge is 0.383 e. The lowest BCUT2D eigenvalue weighted by Crippen LogP contribution is -2.29. The van der Waals surface area contributed by atoms with Gasteiger partial charge >= 0.3 is 0 Å². The molecule has 0 atom stereocenters. The topological polar surface area (TPSA) is 84.3 Å². The lowest BCUT2D eigenvalue weighted by Gasteiger charge is -2.08. The van der Waals surface area contributed by atoms with Crippen molar-refractivity contribution in [1.82, 2.24) is 5.32 Å². The first-order chi connectivity index (χ1) is 11.0. The van der Waals surface area contributed by atoms with Crippen molar-refractivity contribution < 1.29 is 18.5 Å². The van der Waals surface area contributed by atoms with Gasteiger partial charge in [-0.25, -0.2) is 8.78 Å². The molecule has 0 radical (unpaired) electrons. The van der Waals surface area contributed by atoms with Crippen LogP contribution in [0, 0.1) is 21.7 Å². The van der Waals surface area contributed by atoms with Gasteiger partial charge in [0.2, 0.25) is 0 Å². The van der Waals surface area contributed by atoms with Gasteiger partial charge in [0, 0.05) is 37.0 Å². The maximum atomic E-state index is 13.4. The van der Waals surface area contributed by atoms with Crippen LogP contribution in [0.1, 0.15) is 10.4 Å². The molecule has 0 bridgehead atoms. The number of nitrogens with zero attached hydrogens (tertiary/aromatic N) is 1. The van der Waals surface area contributed by atoms with E-state index in [0.717, 1.165) is 12.1 Å². The molecule has 120 valence electrons. The van der Waals surface area contributed by atoms with Crippen LogP contribution < -0.4 is 10.6 Å². The highest BCUT2D eigenvalue weighted by atomic mass is 19.1. The summed E-state index contributed by atoms with van der Waals surface area (Å²) in [7, 11) is 0. The SMILES string of the molecule is O=C(NCCNc1ccc([N+](=O)[O-])cc1)c1ccc(F)cc1F. The molecule has 23 heavy (non-hydrogen) atoms. The van der Waals surface area contributed by atoms with Crippen LogP contribution in [0.25, 0.3) is 0 Å². The number of hydrogen-bond acceptors (Lipinski definition) is 4. The van der Waals surface area contributed by atoms with Gasteiger partial charge in [-0.3, -0.25) is 14.9 Å². The molecule has 0 aliphatic rings. The molecule has 0 aromatic heterocycles. The third kappa shape index (κ3) is 4.47. The third-order valence-electron chi connectivity index (χ3n) is 2.99. The summed E-state index contributed by atoms with van der Waals surface area (Å²) < 4.78 is 26.2. The van der Waals surface area contributed by atoms with Crippen molar-refractivity contribution in [3.63, 3.8) is 0 Å². The second-order valence-corrected chi connectivity index (χ2v) is 4.61. The monoisotopic (exact) mass is 321 g/mol. The minimum absolute atomic E-state index is 0.0179. The van der Waals surface area contributed by atoms with Crippen LogP contribution in [0.2, 0.25) is 0 Å². The van der Waals surface area contributed by atoms with E-state index in [-0.39, 0.29) is 17.8 Å². The maximum Gasteiger partial charge on any atom is 0.269 e. The number of nitrogens with one attached hydrogen (secondary N) is 2. The highest BCUT2D eigenvalue weighted by Crippen LogP contribution is 2.15. The smallest absolute Gasteiger partial charge is 0.269 e. The normalized spacial score (nSPS) is 10.2. The molecule has 2 aromatic rings. The number of nitro benzene ring substituents is 1. The first-order valence-electron chi connectivity index (χ1n) is 6.69. The number of carbonyl (C=O) groups excluding carboxylic acids is 1. The van der Waals surface area contributed by atoms with E-state index in [9.17, 15) is 23.7 Å². The first-order valence-corrected chi connectivity index (χ1v) is 6.69. The summed E-state index contributed by atoms with van der Waals surface area (Å²) in [5.74, 6) is -2.32. The zero-order valence-electron chi connectivity index (χ0n) is 11.9. The molecule has 2 rings (SSSR count). The third-order valence-corrected chi connectivity index (χ3v) is 2.99. The van der Waals surface area contributed by atoms with Crippen LogP contribution >= 0.6 is 0 Å². The van der Waals surface area contributed by atoms with Crippen molar-refractivity contribution in [3.05, 3.63) is 69.8 Å². The maximum absolute atomic E-state index is 13.4. The van der Waals surface area contributed by atoms with Gasteiger partial charge < -0.3 is 10.6 Å². The molecule has 0 heterocycles. The number of hydrogen-bond donors (Lipinski definition) is 2. The second-order valence-electron chi connectivity index (χ2n) is 4.61. The Morgan fingerprint density at radius 3 is 2.39 bits per heavy atom. The van der Waals surface area contributed by atoms with Gasteiger partial charge in [-0.2, -0.15) is 0 Å². The highest BCUT2D eigenvalue weighted by molar-refractivity contribution is 5.94. The van der Waals surface area contributed by atoms with E-state index in [0.29, 0.717) is 18.3 Å². The summed E-state index contributed by atoms with van der Waals surface area (Å²) in [6, 6.07) is 8.52. The lowest BCUT2D eigenvalue weighted by atomic mass is 10.2. The molecule has 0 aliphatic carbocycles. The lowest BCUT2D eigenvalue weighted by molar-refractivity contribution is -0.384. The van der Waals surface area contributed by atoms with Crippen molar-refractivity contribution in [1.29, 1.82) is 0 Å². The van der Waals surface area contributed by atoms with Crippen molar-refractivity contribution in [2.75, 3.05) is 18.4 Å². The van der Waals surface area contributed by atoms with Crippen LogP contribution in [0.4, 0.5) is 20.2 Å². The Kier molecular flexibility index (Phi) is 5.19. The average molecular weight is 321 g/mol. The molecule has 2 aromatic carbocycles. The molecule has 0 unspecified atom stereocenters. The Morgan fingerprint density at radius 2 is 1.78 bits per heavy atom. The minimum Gasteiger partial charge on any atom is -0.383 e. The summed E-state index contributed by atoms with van der Waals surface area (Å²) in [5.41, 5.74) is 0.398. The van der Waals surface area contributed by atoms with Crippen LogP contribution in [0.3, 0.4) is 0 Å². The molecular formula is C15H13F2N3O3. The number of amides is 1. The number of nitro groups is 1. The van der Waals surface area contributed by atoms with Crippen molar-refractivity contribution in [2.45, 2.75) is 0 Å². The molecule has 0 fully saturated rings. The quantitative estimate of drug-likeness (QED) is 0.487. The number of rotatable bonds is 6. The Balaban J connectivity index is 1.80. The van der Waals surface area contributed by atoms with Gasteiger partial charge in [0.1, 0.15) is 11.6 Å². The Bertz CT molecular complexity index is 720. The molecule has 0 aliphatic heterocycles. The molecule has 6 nitrogen and oxygen atoms in total. The summed E-state index contributed by atoms with van der Waals surface area (Å²) in [6.07, 6.45) is 0. The molecule has 0 saturated heterocycles. The Hall–Kier alpha value is -3.03. The van der Waals surface area contributed by atoms with Crippen LogP contribution in [-0.2, 0) is 0 Å². The van der Waals surface area contributed by atoms with Gasteiger partial charge in [0.15, 0.2) is 0 Å². The fourth-order valence-electron chi connectivity index (χ4n) is 1.85. The fourth-order valence-corrected chi connectivity index (χ4v) is 1.85. The zero-order valence-corrected chi connectivity index (χ0v) is 11.9. The van der Waals surface area contributed by atoms with E-state index >= 15 is 0 Å². The zero-order chi connectivity index (χ0) is 16.8. The van der Waals surface area contributed by atoms with Crippen molar-refractivity contribution in [3.8, 4) is 0 Å². The van der Waals surface area contributed by atoms with E-state index in [1.165, 1.54) is 12.1 Å². The molecule has 0 spiro atoms. The molecule has 1 amide bonds. The minimum atomic E-state index is -0.925. The average Bonchev–Trinajstić information content (AvgIpc) is 2.51. The van der Waals surface area contributed by atoms with Crippen LogP contribution in [-0.4, -0.2) is 23.9 Å². The first kappa shape index (κ1) is 16.3. The predicted octanol–water partition coefficient (Wildman–Crippen LogP) is 2.71. The fraction of sp³-hybridized carbons (Fsp3) is 0.133. The highest BCUT2D eigenvalue weighted by Gasteiger charge is 2.11. The van der Waals surface area contributed by atoms with Crippen LogP contribution in [0.15, 0.2) is 42.5 Å². The summed E-state index contributed by atoms with van der Waals surface area (Å²) in [4.78, 5) is 21.7. The van der Waals surface area contributed by atoms with E-state index in [1.807, 2.05) is 0 Å². The van der Waals surface area contributed by atoms with Crippen LogP contribution in [0.5, 0.6) is 0 Å². The number of benzene rings is 2. The van der Waals surface area contributed by atoms with Gasteiger partial charge in [0.25, 0.3) is 11.6 Å². The number of anilines is 1. The van der Waals surface area contributed by atoms with Gasteiger partial charge in [-0.1, -0.05) is 0 Å². The Morgan fingerprint density at radius 1 is 1.09 bits per heavy atom. The number of carbonyl (C=O) groups is 1. The number of halogens is 2. The standard InChI is InChI=1S/C15H13F2N3O3/c16-10-1-6-13(14(17)9-10)15(21)19-8-7-18-11-2-4-12(5-3-11)20(22)23/h1-6,9,18H,7-8H2,(H,19,21).